The van der Waals surface area contributed by atoms with E-state index in [4.69, 9.17) is 0 Å². The van der Waals surface area contributed by atoms with Crippen molar-refractivity contribution < 1.29 is 17.9 Å². The van der Waals surface area contributed by atoms with Crippen LogP contribution < -0.4 is 10.1 Å². The molecule has 0 saturated heterocycles. The summed E-state index contributed by atoms with van der Waals surface area (Å²) in [5.41, 5.74) is 0.826. The summed E-state index contributed by atoms with van der Waals surface area (Å²) >= 11 is 0. The highest BCUT2D eigenvalue weighted by atomic mass is 19.4. The zero-order valence-corrected chi connectivity index (χ0v) is 8.71. The number of nitrogens with one attached hydrogen (secondary N) is 1. The van der Waals surface area contributed by atoms with Gasteiger partial charge in [0.2, 0.25) is 0 Å². The highest BCUT2D eigenvalue weighted by Gasteiger charge is 2.30. The first kappa shape index (κ1) is 12.6. The van der Waals surface area contributed by atoms with Crippen molar-refractivity contribution in [1.82, 2.24) is 5.32 Å². The molecule has 0 amide bonds. The van der Waals surface area contributed by atoms with Crippen LogP contribution in [0.15, 0.2) is 36.9 Å². The van der Waals surface area contributed by atoms with Crippen molar-refractivity contribution in [2.75, 3.05) is 7.05 Å². The molecular formula is C11H12F3NO. The van der Waals surface area contributed by atoms with Gasteiger partial charge in [0.25, 0.3) is 0 Å². The molecule has 0 radical (unpaired) electrons. The van der Waals surface area contributed by atoms with Crippen molar-refractivity contribution in [3.05, 3.63) is 42.5 Å². The van der Waals surface area contributed by atoms with E-state index in [2.05, 4.69) is 16.6 Å². The third-order valence-electron chi connectivity index (χ3n) is 2.02. The van der Waals surface area contributed by atoms with Gasteiger partial charge < -0.3 is 10.1 Å². The standard InChI is InChI=1S/C11H12F3NO/c1-3-10(15-2)8-4-6-9(7-5-8)16-11(12,13)14/h3-7,10,15H,1H2,2H3. The molecule has 0 aromatic heterocycles. The Morgan fingerprint density at radius 1 is 1.31 bits per heavy atom. The number of ether oxygens (including phenoxy) is 1. The molecule has 1 aromatic rings. The topological polar surface area (TPSA) is 21.3 Å². The normalized spacial score (nSPS) is 13.2. The van der Waals surface area contributed by atoms with Gasteiger partial charge >= 0.3 is 6.36 Å². The summed E-state index contributed by atoms with van der Waals surface area (Å²) in [6.45, 7) is 3.62. The molecule has 0 spiro atoms. The maximum absolute atomic E-state index is 11.9. The smallest absolute Gasteiger partial charge is 0.406 e. The van der Waals surface area contributed by atoms with Crippen molar-refractivity contribution in [3.63, 3.8) is 0 Å². The van der Waals surface area contributed by atoms with Crippen LogP contribution in [0.5, 0.6) is 5.75 Å². The van der Waals surface area contributed by atoms with Crippen LogP contribution in [-0.4, -0.2) is 13.4 Å². The van der Waals surface area contributed by atoms with Crippen LogP contribution in [0.1, 0.15) is 11.6 Å². The number of likely N-dealkylation sites (N-methyl/N-ethyl adjacent to an activating group) is 1. The molecule has 0 aliphatic rings. The largest absolute Gasteiger partial charge is 0.573 e. The summed E-state index contributed by atoms with van der Waals surface area (Å²) < 4.78 is 39.4. The predicted molar refractivity (Wildman–Crippen MR) is 55.1 cm³/mol. The molecule has 1 unspecified atom stereocenters. The van der Waals surface area contributed by atoms with Gasteiger partial charge in [0, 0.05) is 0 Å². The Bertz CT molecular complexity index is 345. The summed E-state index contributed by atoms with van der Waals surface area (Å²) in [5.74, 6) is -0.227. The van der Waals surface area contributed by atoms with Gasteiger partial charge in [-0.25, -0.2) is 0 Å². The molecule has 88 valence electrons. The molecule has 16 heavy (non-hydrogen) atoms. The molecule has 0 heterocycles. The predicted octanol–water partition coefficient (Wildman–Crippen LogP) is 3.03. The number of hydrogen-bond acceptors (Lipinski definition) is 2. The van der Waals surface area contributed by atoms with E-state index >= 15 is 0 Å². The lowest BCUT2D eigenvalue weighted by Crippen LogP contribution is -2.17. The van der Waals surface area contributed by atoms with E-state index in [9.17, 15) is 13.2 Å². The highest BCUT2D eigenvalue weighted by Crippen LogP contribution is 2.24. The Morgan fingerprint density at radius 2 is 1.88 bits per heavy atom. The fourth-order valence-electron chi connectivity index (χ4n) is 1.30. The van der Waals surface area contributed by atoms with Crippen molar-refractivity contribution in [2.45, 2.75) is 12.4 Å². The molecule has 1 atom stereocenters. The first-order chi connectivity index (χ1) is 7.46. The molecule has 1 rings (SSSR count). The summed E-state index contributed by atoms with van der Waals surface area (Å²) in [5, 5.41) is 2.95. The van der Waals surface area contributed by atoms with Crippen LogP contribution in [0.4, 0.5) is 13.2 Å². The van der Waals surface area contributed by atoms with Crippen LogP contribution in [-0.2, 0) is 0 Å². The number of alkyl halides is 3. The number of benzene rings is 1. The maximum atomic E-state index is 11.9. The summed E-state index contributed by atoms with van der Waals surface area (Å²) in [6.07, 6.45) is -2.98. The van der Waals surface area contributed by atoms with Crippen LogP contribution in [0.25, 0.3) is 0 Å². The molecule has 0 aliphatic carbocycles. The first-order valence-corrected chi connectivity index (χ1v) is 4.62. The zero-order valence-electron chi connectivity index (χ0n) is 8.71. The van der Waals surface area contributed by atoms with Crippen molar-refractivity contribution in [3.8, 4) is 5.75 Å². The van der Waals surface area contributed by atoms with Gasteiger partial charge in [-0.1, -0.05) is 18.2 Å². The lowest BCUT2D eigenvalue weighted by molar-refractivity contribution is -0.274. The van der Waals surface area contributed by atoms with Crippen LogP contribution in [0.2, 0.25) is 0 Å². The number of rotatable bonds is 4. The summed E-state index contributed by atoms with van der Waals surface area (Å²) in [4.78, 5) is 0. The number of hydrogen-bond donors (Lipinski definition) is 1. The molecule has 2 nitrogen and oxygen atoms in total. The third-order valence-corrected chi connectivity index (χ3v) is 2.02. The Morgan fingerprint density at radius 3 is 2.25 bits per heavy atom. The Labute approximate surface area is 91.7 Å². The van der Waals surface area contributed by atoms with Crippen LogP contribution >= 0.6 is 0 Å². The van der Waals surface area contributed by atoms with Gasteiger partial charge in [-0.2, -0.15) is 0 Å². The minimum atomic E-state index is -4.65. The molecule has 0 fully saturated rings. The Hall–Kier alpha value is -1.49. The lowest BCUT2D eigenvalue weighted by Gasteiger charge is -2.13. The third kappa shape index (κ3) is 3.58. The maximum Gasteiger partial charge on any atom is 0.573 e. The fraction of sp³-hybridized carbons (Fsp3) is 0.273. The van der Waals surface area contributed by atoms with Crippen molar-refractivity contribution in [2.24, 2.45) is 0 Å². The SMILES string of the molecule is C=CC(NC)c1ccc(OC(F)(F)F)cc1. The molecule has 0 bridgehead atoms. The second-order valence-electron chi connectivity index (χ2n) is 3.12. The molecule has 1 aromatic carbocycles. The average molecular weight is 231 g/mol. The van der Waals surface area contributed by atoms with E-state index in [1.165, 1.54) is 12.1 Å². The van der Waals surface area contributed by atoms with Crippen LogP contribution in [0.3, 0.4) is 0 Å². The van der Waals surface area contributed by atoms with E-state index in [1.54, 1.807) is 25.3 Å². The van der Waals surface area contributed by atoms with Gasteiger partial charge in [0.15, 0.2) is 0 Å². The van der Waals surface area contributed by atoms with Crippen LogP contribution in [0, 0.1) is 0 Å². The summed E-state index contributed by atoms with van der Waals surface area (Å²) in [7, 11) is 1.74. The minimum absolute atomic E-state index is 0.0834. The average Bonchev–Trinajstić information content (AvgIpc) is 2.20. The molecule has 0 saturated carbocycles. The van der Waals surface area contributed by atoms with Gasteiger partial charge in [-0.3, -0.25) is 0 Å². The van der Waals surface area contributed by atoms with E-state index in [0.717, 1.165) is 5.56 Å². The molecule has 5 heteroatoms. The monoisotopic (exact) mass is 231 g/mol. The van der Waals surface area contributed by atoms with Crippen molar-refractivity contribution >= 4 is 0 Å². The van der Waals surface area contributed by atoms with E-state index in [-0.39, 0.29) is 11.8 Å². The number of halogens is 3. The second kappa shape index (κ2) is 5.03. The molecule has 1 N–H and O–H groups in total. The fourth-order valence-corrected chi connectivity index (χ4v) is 1.30. The Balaban J connectivity index is 2.78. The lowest BCUT2D eigenvalue weighted by atomic mass is 10.1. The molecular weight excluding hydrogens is 219 g/mol. The van der Waals surface area contributed by atoms with Gasteiger partial charge in [0.1, 0.15) is 5.75 Å². The molecule has 0 aliphatic heterocycles. The van der Waals surface area contributed by atoms with E-state index in [1.807, 2.05) is 0 Å². The van der Waals surface area contributed by atoms with Gasteiger partial charge in [0.05, 0.1) is 6.04 Å². The Kier molecular flexibility index (Phi) is 3.95. The zero-order chi connectivity index (χ0) is 12.2. The van der Waals surface area contributed by atoms with Gasteiger partial charge in [-0.05, 0) is 24.7 Å². The van der Waals surface area contributed by atoms with Crippen molar-refractivity contribution in [1.29, 1.82) is 0 Å². The second-order valence-corrected chi connectivity index (χ2v) is 3.12. The summed E-state index contributed by atoms with van der Waals surface area (Å²) in [6, 6.07) is 5.58. The van der Waals surface area contributed by atoms with E-state index in [0.29, 0.717) is 0 Å². The first-order valence-electron chi connectivity index (χ1n) is 4.62. The highest BCUT2D eigenvalue weighted by molar-refractivity contribution is 5.30. The minimum Gasteiger partial charge on any atom is -0.406 e. The van der Waals surface area contributed by atoms with Gasteiger partial charge in [-0.15, -0.1) is 19.8 Å². The quantitative estimate of drug-likeness (QED) is 0.804. The van der Waals surface area contributed by atoms with E-state index < -0.39 is 6.36 Å².